The maximum absolute atomic E-state index is 11.9. The van der Waals surface area contributed by atoms with Crippen LogP contribution in [0.2, 0.25) is 0 Å². The molecule has 0 aliphatic rings. The second-order valence-corrected chi connectivity index (χ2v) is 4.65. The maximum atomic E-state index is 11.9. The van der Waals surface area contributed by atoms with Crippen LogP contribution < -0.4 is 5.32 Å². The lowest BCUT2D eigenvalue weighted by Crippen LogP contribution is -2.30. The molecule has 1 atom stereocenters. The molecule has 112 valence electrons. The minimum Gasteiger partial charge on any atom is -0.472 e. The molecule has 1 N–H and O–H groups in total. The zero-order valence-corrected chi connectivity index (χ0v) is 11.8. The van der Waals surface area contributed by atoms with E-state index >= 15 is 0 Å². The zero-order valence-electron chi connectivity index (χ0n) is 11.8. The van der Waals surface area contributed by atoms with Gasteiger partial charge in [0.1, 0.15) is 11.8 Å². The maximum Gasteiger partial charge on any atom is 0.244 e. The van der Waals surface area contributed by atoms with Crippen molar-refractivity contribution in [2.24, 2.45) is 0 Å². The van der Waals surface area contributed by atoms with Crippen LogP contribution in [0.5, 0.6) is 0 Å². The summed E-state index contributed by atoms with van der Waals surface area (Å²) in [6.07, 6.45) is 11.4. The van der Waals surface area contributed by atoms with Crippen LogP contribution in [0.1, 0.15) is 17.4 Å². The average molecular weight is 297 g/mol. The molecule has 3 rings (SSSR count). The Morgan fingerprint density at radius 1 is 1.36 bits per heavy atom. The molecule has 0 fully saturated rings. The van der Waals surface area contributed by atoms with Crippen LogP contribution in [0, 0.1) is 0 Å². The van der Waals surface area contributed by atoms with Crippen molar-refractivity contribution in [3.8, 4) is 0 Å². The Kier molecular flexibility index (Phi) is 4.20. The summed E-state index contributed by atoms with van der Waals surface area (Å²) in [7, 11) is 0. The molecule has 22 heavy (non-hydrogen) atoms. The van der Waals surface area contributed by atoms with Crippen molar-refractivity contribution in [3.05, 3.63) is 72.8 Å². The number of hydrogen-bond donors (Lipinski definition) is 1. The third-order valence-corrected chi connectivity index (χ3v) is 3.16. The number of aromatic nitrogens is 2. The molecular weight excluding hydrogens is 282 g/mol. The molecule has 0 aliphatic heterocycles. The van der Waals surface area contributed by atoms with Crippen molar-refractivity contribution in [1.82, 2.24) is 15.1 Å². The molecular formula is C16H15N3O3. The van der Waals surface area contributed by atoms with E-state index < -0.39 is 0 Å². The first-order valence-corrected chi connectivity index (χ1v) is 6.83. The molecule has 0 aromatic carbocycles. The second-order valence-electron chi connectivity index (χ2n) is 4.65. The van der Waals surface area contributed by atoms with E-state index in [2.05, 4.69) is 10.4 Å². The number of rotatable bonds is 6. The molecule has 0 radical (unpaired) electrons. The Balaban J connectivity index is 1.63. The Labute approximate surface area is 127 Å². The highest BCUT2D eigenvalue weighted by molar-refractivity contribution is 5.91. The molecule has 1 amide bonds. The molecule has 6 heteroatoms. The lowest BCUT2D eigenvalue weighted by molar-refractivity contribution is -0.116. The van der Waals surface area contributed by atoms with Gasteiger partial charge in [0.15, 0.2) is 0 Å². The van der Waals surface area contributed by atoms with Gasteiger partial charge in [0.2, 0.25) is 5.91 Å². The summed E-state index contributed by atoms with van der Waals surface area (Å²) in [6.45, 7) is 0.379. The Bertz CT molecular complexity index is 679. The van der Waals surface area contributed by atoms with Crippen molar-refractivity contribution in [2.45, 2.75) is 6.04 Å². The lowest BCUT2D eigenvalue weighted by atomic mass is 10.2. The summed E-state index contributed by atoms with van der Waals surface area (Å²) in [6, 6.07) is 7.10. The summed E-state index contributed by atoms with van der Waals surface area (Å²) in [5.74, 6) is 0.549. The van der Waals surface area contributed by atoms with Gasteiger partial charge in [-0.2, -0.15) is 5.10 Å². The predicted octanol–water partition coefficient (Wildman–Crippen LogP) is 2.49. The van der Waals surface area contributed by atoms with Crippen molar-refractivity contribution >= 4 is 12.0 Å². The predicted molar refractivity (Wildman–Crippen MR) is 79.8 cm³/mol. The minimum atomic E-state index is -0.190. The third-order valence-electron chi connectivity index (χ3n) is 3.16. The number of hydrogen-bond acceptors (Lipinski definition) is 4. The number of carbonyl (C=O) groups is 1. The number of furan rings is 2. The SMILES string of the molecule is O=C(/C=C/c1ccoc1)NCC(c1ccco1)n1cccn1. The molecule has 3 aromatic rings. The summed E-state index contributed by atoms with van der Waals surface area (Å²) in [4.78, 5) is 11.9. The van der Waals surface area contributed by atoms with Gasteiger partial charge in [-0.3, -0.25) is 9.48 Å². The fraction of sp³-hybridized carbons (Fsp3) is 0.125. The largest absolute Gasteiger partial charge is 0.472 e. The molecule has 0 saturated heterocycles. The van der Waals surface area contributed by atoms with Crippen LogP contribution in [-0.2, 0) is 4.79 Å². The minimum absolute atomic E-state index is 0.184. The number of nitrogens with zero attached hydrogens (tertiary/aromatic N) is 2. The Hall–Kier alpha value is -3.02. The highest BCUT2D eigenvalue weighted by atomic mass is 16.3. The van der Waals surface area contributed by atoms with Crippen molar-refractivity contribution in [2.75, 3.05) is 6.54 Å². The zero-order chi connectivity index (χ0) is 15.2. The quantitative estimate of drug-likeness (QED) is 0.709. The van der Waals surface area contributed by atoms with E-state index in [0.717, 1.165) is 11.3 Å². The molecule has 1 unspecified atom stereocenters. The molecule has 0 aliphatic carbocycles. The molecule has 6 nitrogen and oxygen atoms in total. The third kappa shape index (κ3) is 3.35. The molecule has 3 aromatic heterocycles. The van der Waals surface area contributed by atoms with Crippen molar-refractivity contribution < 1.29 is 13.6 Å². The first-order chi connectivity index (χ1) is 10.8. The van der Waals surface area contributed by atoms with Gasteiger partial charge in [0.05, 0.1) is 18.8 Å². The van der Waals surface area contributed by atoms with E-state index in [1.54, 1.807) is 41.8 Å². The summed E-state index contributed by atoms with van der Waals surface area (Å²) < 4.78 is 12.1. The number of nitrogens with one attached hydrogen (secondary N) is 1. The summed E-state index contributed by atoms with van der Waals surface area (Å²) >= 11 is 0. The van der Waals surface area contributed by atoms with Gasteiger partial charge in [0, 0.05) is 30.6 Å². The first-order valence-electron chi connectivity index (χ1n) is 6.83. The van der Waals surface area contributed by atoms with E-state index in [1.807, 2.05) is 24.4 Å². The van der Waals surface area contributed by atoms with Crippen molar-refractivity contribution in [3.63, 3.8) is 0 Å². The van der Waals surface area contributed by atoms with Crippen LogP contribution in [0.4, 0.5) is 0 Å². The van der Waals surface area contributed by atoms with E-state index in [0.29, 0.717) is 6.54 Å². The second kappa shape index (κ2) is 6.62. The topological polar surface area (TPSA) is 73.2 Å². The summed E-state index contributed by atoms with van der Waals surface area (Å²) in [5, 5.41) is 7.06. The average Bonchev–Trinajstić information content (AvgIpc) is 3.27. The van der Waals surface area contributed by atoms with E-state index in [9.17, 15) is 4.79 Å². The van der Waals surface area contributed by atoms with Gasteiger partial charge >= 0.3 is 0 Å². The van der Waals surface area contributed by atoms with Gasteiger partial charge in [0.25, 0.3) is 0 Å². The highest BCUT2D eigenvalue weighted by Crippen LogP contribution is 2.17. The van der Waals surface area contributed by atoms with Crippen LogP contribution in [0.3, 0.4) is 0 Å². The fourth-order valence-electron chi connectivity index (χ4n) is 2.07. The smallest absolute Gasteiger partial charge is 0.244 e. The van der Waals surface area contributed by atoms with Gasteiger partial charge in [-0.15, -0.1) is 0 Å². The monoisotopic (exact) mass is 297 g/mol. The molecule has 0 saturated carbocycles. The fourth-order valence-corrected chi connectivity index (χ4v) is 2.07. The standard InChI is InChI=1S/C16H15N3O3/c20-16(5-4-13-6-10-21-12-13)17-11-14(15-3-1-9-22-15)19-8-2-7-18-19/h1-10,12,14H,11H2,(H,17,20)/b5-4+. The Morgan fingerprint density at radius 2 is 2.32 bits per heavy atom. The highest BCUT2D eigenvalue weighted by Gasteiger charge is 2.17. The van der Waals surface area contributed by atoms with E-state index in [-0.39, 0.29) is 11.9 Å². The van der Waals surface area contributed by atoms with Gasteiger partial charge in [-0.1, -0.05) is 0 Å². The number of carbonyl (C=O) groups excluding carboxylic acids is 1. The van der Waals surface area contributed by atoms with Gasteiger partial charge in [-0.25, -0.2) is 0 Å². The Morgan fingerprint density at radius 3 is 3.00 bits per heavy atom. The molecule has 0 spiro atoms. The lowest BCUT2D eigenvalue weighted by Gasteiger charge is -2.15. The van der Waals surface area contributed by atoms with Gasteiger partial charge < -0.3 is 14.2 Å². The van der Waals surface area contributed by atoms with E-state index in [1.165, 1.54) is 6.08 Å². The van der Waals surface area contributed by atoms with Gasteiger partial charge in [-0.05, 0) is 30.3 Å². The molecule has 0 bridgehead atoms. The normalized spacial score (nSPS) is 12.5. The first kappa shape index (κ1) is 13.9. The molecule has 3 heterocycles. The van der Waals surface area contributed by atoms with Crippen LogP contribution in [-0.4, -0.2) is 22.2 Å². The van der Waals surface area contributed by atoms with E-state index in [4.69, 9.17) is 8.83 Å². The van der Waals surface area contributed by atoms with Crippen LogP contribution in [0.25, 0.3) is 6.08 Å². The number of amides is 1. The summed E-state index contributed by atoms with van der Waals surface area (Å²) in [5.41, 5.74) is 0.838. The van der Waals surface area contributed by atoms with Crippen LogP contribution >= 0.6 is 0 Å². The van der Waals surface area contributed by atoms with Crippen LogP contribution in [0.15, 0.2) is 70.4 Å². The van der Waals surface area contributed by atoms with Crippen molar-refractivity contribution in [1.29, 1.82) is 0 Å².